The molecule has 5 unspecified atom stereocenters. The fraction of sp³-hybridized carbons (Fsp3) is 0.536. The van der Waals surface area contributed by atoms with Crippen molar-refractivity contribution >= 4 is 5.91 Å². The first-order valence-electron chi connectivity index (χ1n) is 12.8. The number of benzene rings is 2. The molecule has 1 amide bonds. The summed E-state index contributed by atoms with van der Waals surface area (Å²) in [5.41, 5.74) is 3.37. The lowest BCUT2D eigenvalue weighted by Gasteiger charge is -2.62. The fourth-order valence-corrected chi connectivity index (χ4v) is 6.93. The Balaban J connectivity index is 1.35. The minimum absolute atomic E-state index is 0.180. The molecule has 4 bridgehead atoms. The summed E-state index contributed by atoms with van der Waals surface area (Å²) in [6, 6.07) is 19.6. The topological polar surface area (TPSA) is 44.8 Å². The molecule has 6 fully saturated rings. The van der Waals surface area contributed by atoms with Crippen LogP contribution in [0.4, 0.5) is 0 Å². The zero-order chi connectivity index (χ0) is 22.4. The fourth-order valence-electron chi connectivity index (χ4n) is 6.93. The van der Waals surface area contributed by atoms with Gasteiger partial charge in [0, 0.05) is 42.8 Å². The summed E-state index contributed by atoms with van der Waals surface area (Å²) in [5, 5.41) is 3.91. The van der Waals surface area contributed by atoms with E-state index in [1.807, 2.05) is 11.0 Å². The second-order valence-electron chi connectivity index (χ2n) is 10.3. The monoisotopic (exact) mass is 445 g/mol. The number of methoxy groups -OCH3 is 1. The van der Waals surface area contributed by atoms with Crippen molar-refractivity contribution in [2.75, 3.05) is 20.2 Å². The van der Waals surface area contributed by atoms with E-state index in [9.17, 15) is 4.79 Å². The van der Waals surface area contributed by atoms with Crippen LogP contribution in [0.5, 0.6) is 5.75 Å². The summed E-state index contributed by atoms with van der Waals surface area (Å²) in [7, 11) is 1.74. The van der Waals surface area contributed by atoms with Crippen LogP contribution in [0.2, 0.25) is 0 Å². The number of likely N-dealkylation sites (tertiary alicyclic amines) is 1. The number of carbonyl (C=O) groups excluding carboxylic acids is 1. The Morgan fingerprint density at radius 2 is 1.61 bits per heavy atom. The van der Waals surface area contributed by atoms with E-state index in [0.29, 0.717) is 24.2 Å². The Bertz CT molecular complexity index is 982. The maximum Gasteiger partial charge on any atom is 0.253 e. The Labute approximate surface area is 197 Å². The van der Waals surface area contributed by atoms with Crippen molar-refractivity contribution in [3.8, 4) is 5.75 Å². The van der Waals surface area contributed by atoms with Crippen molar-refractivity contribution in [3.05, 3.63) is 65.2 Å². The molecule has 5 atom stereocenters. The van der Waals surface area contributed by atoms with Gasteiger partial charge in [0.25, 0.3) is 5.91 Å². The van der Waals surface area contributed by atoms with Gasteiger partial charge in [-0.05, 0) is 80.3 Å². The number of amides is 1. The molecule has 5 nitrogen and oxygen atoms in total. The Morgan fingerprint density at radius 1 is 0.909 bits per heavy atom. The highest BCUT2D eigenvalue weighted by molar-refractivity contribution is 5.94. The van der Waals surface area contributed by atoms with E-state index in [-0.39, 0.29) is 11.9 Å². The van der Waals surface area contributed by atoms with Crippen LogP contribution in [0.1, 0.15) is 72.5 Å². The van der Waals surface area contributed by atoms with Crippen LogP contribution < -0.4 is 10.1 Å². The smallest absolute Gasteiger partial charge is 0.253 e. The van der Waals surface area contributed by atoms with Crippen LogP contribution in [0, 0.1) is 0 Å². The highest BCUT2D eigenvalue weighted by Gasteiger charge is 2.52. The maximum atomic E-state index is 13.0. The van der Waals surface area contributed by atoms with E-state index in [0.717, 1.165) is 37.2 Å². The number of hydrogen-bond acceptors (Lipinski definition) is 4. The molecule has 0 saturated carbocycles. The van der Waals surface area contributed by atoms with Crippen molar-refractivity contribution in [3.63, 3.8) is 0 Å². The van der Waals surface area contributed by atoms with Crippen molar-refractivity contribution in [1.82, 2.24) is 15.1 Å². The van der Waals surface area contributed by atoms with Gasteiger partial charge in [-0.1, -0.05) is 24.3 Å². The van der Waals surface area contributed by atoms with Crippen LogP contribution in [0.15, 0.2) is 48.5 Å². The second-order valence-corrected chi connectivity index (χ2v) is 10.3. The number of piperazine rings is 1. The predicted molar refractivity (Wildman–Crippen MR) is 130 cm³/mol. The van der Waals surface area contributed by atoms with Gasteiger partial charge < -0.3 is 15.0 Å². The molecule has 0 aliphatic carbocycles. The van der Waals surface area contributed by atoms with Crippen molar-refractivity contribution in [1.29, 1.82) is 0 Å². The molecule has 0 spiro atoms. The van der Waals surface area contributed by atoms with E-state index < -0.39 is 0 Å². The van der Waals surface area contributed by atoms with E-state index in [2.05, 4.69) is 52.7 Å². The lowest BCUT2D eigenvalue weighted by atomic mass is 9.71. The summed E-state index contributed by atoms with van der Waals surface area (Å²) in [6.45, 7) is 1.78. The molecule has 5 heteroatoms. The van der Waals surface area contributed by atoms with Gasteiger partial charge in [-0.25, -0.2) is 0 Å². The van der Waals surface area contributed by atoms with Gasteiger partial charge in [0.1, 0.15) is 5.75 Å². The average Bonchev–Trinajstić information content (AvgIpc) is 2.89. The second kappa shape index (κ2) is 8.77. The summed E-state index contributed by atoms with van der Waals surface area (Å²) in [5.74, 6) is 1.08. The third-order valence-corrected chi connectivity index (χ3v) is 8.49. The van der Waals surface area contributed by atoms with Crippen molar-refractivity contribution in [2.24, 2.45) is 0 Å². The zero-order valence-electron chi connectivity index (χ0n) is 19.6. The molecule has 174 valence electrons. The van der Waals surface area contributed by atoms with E-state index in [1.165, 1.54) is 43.2 Å². The zero-order valence-corrected chi connectivity index (χ0v) is 19.6. The van der Waals surface area contributed by atoms with Gasteiger partial charge in [0.2, 0.25) is 0 Å². The Morgan fingerprint density at radius 3 is 2.27 bits per heavy atom. The molecule has 1 N–H and O–H groups in total. The summed E-state index contributed by atoms with van der Waals surface area (Å²) in [6.07, 6.45) is 8.59. The first-order valence-corrected chi connectivity index (χ1v) is 12.8. The predicted octanol–water partition coefficient (Wildman–Crippen LogP) is 4.38. The third kappa shape index (κ3) is 3.75. The van der Waals surface area contributed by atoms with Gasteiger partial charge in [-0.15, -0.1) is 0 Å². The molecule has 2 aromatic rings. The molecule has 2 aromatic carbocycles. The van der Waals surface area contributed by atoms with Gasteiger partial charge in [0.05, 0.1) is 13.2 Å². The molecule has 0 radical (unpaired) electrons. The summed E-state index contributed by atoms with van der Waals surface area (Å²) in [4.78, 5) is 17.9. The van der Waals surface area contributed by atoms with Crippen LogP contribution in [-0.2, 0) is 0 Å². The van der Waals surface area contributed by atoms with Gasteiger partial charge in [-0.3, -0.25) is 9.69 Å². The van der Waals surface area contributed by atoms with Gasteiger partial charge >= 0.3 is 0 Å². The van der Waals surface area contributed by atoms with E-state index in [1.54, 1.807) is 7.11 Å². The molecular weight excluding hydrogens is 410 g/mol. The van der Waals surface area contributed by atoms with Crippen LogP contribution >= 0.6 is 0 Å². The first kappa shape index (κ1) is 21.2. The van der Waals surface area contributed by atoms with Crippen molar-refractivity contribution in [2.45, 2.75) is 75.2 Å². The van der Waals surface area contributed by atoms with Crippen LogP contribution in [0.3, 0.4) is 0 Å². The van der Waals surface area contributed by atoms with Crippen molar-refractivity contribution < 1.29 is 9.53 Å². The largest absolute Gasteiger partial charge is 0.497 e. The molecule has 6 saturated heterocycles. The van der Waals surface area contributed by atoms with Crippen LogP contribution in [-0.4, -0.2) is 60.1 Å². The minimum atomic E-state index is 0.180. The third-order valence-electron chi connectivity index (χ3n) is 8.49. The molecule has 0 aromatic heterocycles. The first-order chi connectivity index (χ1) is 16.2. The number of piperidine rings is 5. The quantitative estimate of drug-likeness (QED) is 0.742. The lowest BCUT2D eigenvalue weighted by molar-refractivity contribution is -0.0756. The summed E-state index contributed by atoms with van der Waals surface area (Å²) >= 11 is 0. The van der Waals surface area contributed by atoms with Gasteiger partial charge in [-0.2, -0.15) is 0 Å². The van der Waals surface area contributed by atoms with E-state index in [4.69, 9.17) is 4.74 Å². The lowest BCUT2D eigenvalue weighted by Crippen LogP contribution is -2.74. The average molecular weight is 446 g/mol. The van der Waals surface area contributed by atoms with Crippen LogP contribution in [0.25, 0.3) is 0 Å². The van der Waals surface area contributed by atoms with E-state index >= 15 is 0 Å². The molecule has 8 rings (SSSR count). The number of ether oxygens (including phenoxy) is 1. The minimum Gasteiger partial charge on any atom is -0.497 e. The Hall–Kier alpha value is -2.37. The highest BCUT2D eigenvalue weighted by Crippen LogP contribution is 2.46. The molecule has 6 aliphatic rings. The standard InChI is InChI=1S/C28H35N3O2/c1-33-22-7-5-6-21(18-22)27(31-25-14-12-23-26(31)15-13-24(25)29-23)19-8-10-20(11-9-19)28(32)30-16-3-2-4-17-30/h5-11,18,23-27,29H,2-4,12-17H2,1H3. The SMILES string of the molecule is COc1cccc(C(c2ccc(C(=O)N3CCCCC3)cc2)N2C3CCC4NC3CCC42)c1. The number of rotatable bonds is 5. The Kier molecular flexibility index (Phi) is 5.63. The van der Waals surface area contributed by atoms with Gasteiger partial charge in [0.15, 0.2) is 0 Å². The highest BCUT2D eigenvalue weighted by atomic mass is 16.5. The summed E-state index contributed by atoms with van der Waals surface area (Å²) < 4.78 is 5.59. The molecule has 33 heavy (non-hydrogen) atoms. The number of carbonyl (C=O) groups is 1. The number of hydrogen-bond donors (Lipinski definition) is 1. The molecular formula is C28H35N3O2. The number of nitrogens with zero attached hydrogens (tertiary/aromatic N) is 2. The maximum absolute atomic E-state index is 13.0. The number of nitrogens with one attached hydrogen (secondary N) is 1. The normalized spacial score (nSPS) is 29.8. The molecule has 6 heterocycles. The molecule has 6 aliphatic heterocycles. The number of fused-ring (bicyclic) bond motifs is 2.